The minimum absolute atomic E-state index is 0.156. The molecule has 0 unspecified atom stereocenters. The highest BCUT2D eigenvalue weighted by molar-refractivity contribution is 5.69. The quantitative estimate of drug-likeness (QED) is 0.662. The Morgan fingerprint density at radius 2 is 1.62 bits per heavy atom. The highest BCUT2D eigenvalue weighted by Gasteiger charge is 2.37. The molecule has 5 heteroatoms. The second kappa shape index (κ2) is 8.65. The van der Waals surface area contributed by atoms with E-state index in [0.717, 1.165) is 42.1 Å². The van der Waals surface area contributed by atoms with Gasteiger partial charge < -0.3 is 18.9 Å². The van der Waals surface area contributed by atoms with Crippen molar-refractivity contribution in [3.63, 3.8) is 0 Å². The number of benzene rings is 1. The van der Waals surface area contributed by atoms with Crippen LogP contribution in [0.3, 0.4) is 0 Å². The number of esters is 1. The van der Waals surface area contributed by atoms with Gasteiger partial charge in [0.1, 0.15) is 5.75 Å². The van der Waals surface area contributed by atoms with Crippen molar-refractivity contribution in [1.29, 1.82) is 0 Å². The summed E-state index contributed by atoms with van der Waals surface area (Å²) in [6.45, 7) is 6.44. The molecule has 0 spiro atoms. The number of hydrogen-bond acceptors (Lipinski definition) is 5. The molecule has 0 saturated carbocycles. The smallest absolute Gasteiger partial charge is 0.305 e. The molecule has 5 nitrogen and oxygen atoms in total. The van der Waals surface area contributed by atoms with Crippen molar-refractivity contribution in [2.45, 2.75) is 58.3 Å². The van der Waals surface area contributed by atoms with E-state index in [1.54, 1.807) is 21.3 Å². The van der Waals surface area contributed by atoms with Gasteiger partial charge in [0.15, 0.2) is 11.5 Å². The van der Waals surface area contributed by atoms with Gasteiger partial charge in [0.25, 0.3) is 0 Å². The Kier molecular flexibility index (Phi) is 6.79. The minimum Gasteiger partial charge on any atom is -0.496 e. The normalized spacial score (nSPS) is 20.1. The third-order valence-corrected chi connectivity index (χ3v) is 5.77. The van der Waals surface area contributed by atoms with Crippen LogP contribution in [0.25, 0.3) is 0 Å². The van der Waals surface area contributed by atoms with E-state index in [4.69, 9.17) is 18.9 Å². The zero-order valence-corrected chi connectivity index (χ0v) is 17.1. The Bertz CT molecular complexity index is 653. The van der Waals surface area contributed by atoms with Gasteiger partial charge in [-0.15, -0.1) is 0 Å². The van der Waals surface area contributed by atoms with Crippen molar-refractivity contribution in [3.8, 4) is 17.2 Å². The van der Waals surface area contributed by atoms with Crippen molar-refractivity contribution in [3.05, 3.63) is 16.7 Å². The number of carbonyl (C=O) groups excluding carboxylic acids is 1. The standard InChI is InChI=1S/C21H32O5/c1-12(9-11-16(22)23-4)15-10-8-13(2)17-18(15)19(24-5)14(3)20(25-6)21(17)26-7/h12-13,15H,8-11H2,1-7H3/t12-,13-,15+/m0/s1. The molecule has 0 N–H and O–H groups in total. The predicted octanol–water partition coefficient (Wildman–Crippen LogP) is 4.59. The fraction of sp³-hybridized carbons (Fsp3) is 0.667. The molecule has 0 aromatic heterocycles. The van der Waals surface area contributed by atoms with Crippen LogP contribution >= 0.6 is 0 Å². The molecular formula is C21H32O5. The Hall–Kier alpha value is -1.91. The fourth-order valence-electron chi connectivity index (χ4n) is 4.35. The second-order valence-corrected chi connectivity index (χ2v) is 7.23. The molecule has 3 atom stereocenters. The summed E-state index contributed by atoms with van der Waals surface area (Å²) >= 11 is 0. The lowest BCUT2D eigenvalue weighted by Gasteiger charge is -2.37. The van der Waals surface area contributed by atoms with E-state index in [9.17, 15) is 4.79 Å². The van der Waals surface area contributed by atoms with Crippen LogP contribution in [0.1, 0.15) is 68.1 Å². The summed E-state index contributed by atoms with van der Waals surface area (Å²) in [5.41, 5.74) is 3.37. The molecule has 26 heavy (non-hydrogen) atoms. The molecule has 1 aromatic carbocycles. The number of methoxy groups -OCH3 is 4. The monoisotopic (exact) mass is 364 g/mol. The van der Waals surface area contributed by atoms with Crippen LogP contribution in [0.4, 0.5) is 0 Å². The van der Waals surface area contributed by atoms with Gasteiger partial charge in [0, 0.05) is 23.1 Å². The Balaban J connectivity index is 2.55. The fourth-order valence-corrected chi connectivity index (χ4v) is 4.35. The zero-order valence-electron chi connectivity index (χ0n) is 17.1. The van der Waals surface area contributed by atoms with Crippen molar-refractivity contribution >= 4 is 5.97 Å². The highest BCUT2D eigenvalue weighted by Crippen LogP contribution is 2.55. The summed E-state index contributed by atoms with van der Waals surface area (Å²) in [5, 5.41) is 0. The average Bonchev–Trinajstić information content (AvgIpc) is 2.65. The number of rotatable bonds is 7. The summed E-state index contributed by atoms with van der Waals surface area (Å²) in [6.07, 6.45) is 3.38. The number of hydrogen-bond donors (Lipinski definition) is 0. The van der Waals surface area contributed by atoms with E-state index < -0.39 is 0 Å². The third kappa shape index (κ3) is 3.62. The molecular weight excluding hydrogens is 332 g/mol. The van der Waals surface area contributed by atoms with Crippen molar-refractivity contribution in [1.82, 2.24) is 0 Å². The maximum absolute atomic E-state index is 11.6. The molecule has 0 heterocycles. The van der Waals surface area contributed by atoms with Gasteiger partial charge >= 0.3 is 5.97 Å². The van der Waals surface area contributed by atoms with Gasteiger partial charge in [-0.25, -0.2) is 0 Å². The lowest BCUT2D eigenvalue weighted by atomic mass is 9.70. The highest BCUT2D eigenvalue weighted by atomic mass is 16.5. The van der Waals surface area contributed by atoms with Crippen LogP contribution in [-0.2, 0) is 9.53 Å². The SMILES string of the molecule is COC(=O)CC[C@H](C)[C@H]1CC[C@H](C)c2c(OC)c(OC)c(C)c(OC)c21. The summed E-state index contributed by atoms with van der Waals surface area (Å²) < 4.78 is 22.1. The molecule has 0 amide bonds. The van der Waals surface area contributed by atoms with E-state index in [1.165, 1.54) is 18.2 Å². The molecule has 1 aliphatic carbocycles. The summed E-state index contributed by atoms with van der Waals surface area (Å²) in [6, 6.07) is 0. The van der Waals surface area contributed by atoms with Crippen LogP contribution in [0.5, 0.6) is 17.2 Å². The second-order valence-electron chi connectivity index (χ2n) is 7.23. The van der Waals surface area contributed by atoms with Gasteiger partial charge in [-0.05, 0) is 43.9 Å². The maximum Gasteiger partial charge on any atom is 0.305 e. The summed E-state index contributed by atoms with van der Waals surface area (Å²) in [5.74, 6) is 3.32. The maximum atomic E-state index is 11.6. The van der Waals surface area contributed by atoms with E-state index in [1.807, 2.05) is 6.92 Å². The lowest BCUT2D eigenvalue weighted by Crippen LogP contribution is -2.22. The lowest BCUT2D eigenvalue weighted by molar-refractivity contribution is -0.140. The van der Waals surface area contributed by atoms with E-state index in [-0.39, 0.29) is 5.97 Å². The van der Waals surface area contributed by atoms with Crippen molar-refractivity contribution in [2.24, 2.45) is 5.92 Å². The first-order chi connectivity index (χ1) is 12.4. The zero-order chi connectivity index (χ0) is 19.4. The van der Waals surface area contributed by atoms with Crippen LogP contribution in [-0.4, -0.2) is 34.4 Å². The topological polar surface area (TPSA) is 54.0 Å². The number of carbonyl (C=O) groups is 1. The Labute approximate surface area is 157 Å². The van der Waals surface area contributed by atoms with Crippen molar-refractivity contribution in [2.75, 3.05) is 28.4 Å². The Morgan fingerprint density at radius 3 is 2.15 bits per heavy atom. The molecule has 0 radical (unpaired) electrons. The summed E-state index contributed by atoms with van der Waals surface area (Å²) in [4.78, 5) is 11.6. The first-order valence-electron chi connectivity index (χ1n) is 9.30. The van der Waals surface area contributed by atoms with Crippen LogP contribution in [0, 0.1) is 12.8 Å². The van der Waals surface area contributed by atoms with Crippen molar-refractivity contribution < 1.29 is 23.7 Å². The summed E-state index contributed by atoms with van der Waals surface area (Å²) in [7, 11) is 6.51. The van der Waals surface area contributed by atoms with Gasteiger partial charge in [-0.3, -0.25) is 4.79 Å². The van der Waals surface area contributed by atoms with Crippen LogP contribution in [0.2, 0.25) is 0 Å². The van der Waals surface area contributed by atoms with E-state index >= 15 is 0 Å². The van der Waals surface area contributed by atoms with Gasteiger partial charge in [-0.2, -0.15) is 0 Å². The molecule has 146 valence electrons. The largest absolute Gasteiger partial charge is 0.496 e. The van der Waals surface area contributed by atoms with Gasteiger partial charge in [0.05, 0.1) is 28.4 Å². The predicted molar refractivity (Wildman–Crippen MR) is 102 cm³/mol. The van der Waals surface area contributed by atoms with E-state index in [2.05, 4.69) is 13.8 Å². The average molecular weight is 364 g/mol. The molecule has 1 aliphatic rings. The van der Waals surface area contributed by atoms with Crippen LogP contribution < -0.4 is 14.2 Å². The molecule has 2 rings (SSSR count). The Morgan fingerprint density at radius 1 is 1.00 bits per heavy atom. The third-order valence-electron chi connectivity index (χ3n) is 5.77. The van der Waals surface area contributed by atoms with E-state index in [0.29, 0.717) is 24.2 Å². The molecule has 0 aliphatic heterocycles. The van der Waals surface area contributed by atoms with Gasteiger partial charge in [0.2, 0.25) is 0 Å². The molecule has 0 saturated heterocycles. The molecule has 0 bridgehead atoms. The number of fused-ring (bicyclic) bond motifs is 1. The first-order valence-corrected chi connectivity index (χ1v) is 9.30. The number of ether oxygens (including phenoxy) is 4. The minimum atomic E-state index is -0.156. The van der Waals surface area contributed by atoms with Crippen LogP contribution in [0.15, 0.2) is 0 Å². The van der Waals surface area contributed by atoms with Gasteiger partial charge in [-0.1, -0.05) is 13.8 Å². The molecule has 0 fully saturated rings. The first kappa shape index (κ1) is 20.4. The molecule has 1 aromatic rings.